The van der Waals surface area contributed by atoms with Crippen molar-refractivity contribution in [2.45, 2.75) is 109 Å². The molecule has 248 valence electrons. The van der Waals surface area contributed by atoms with Gasteiger partial charge in [0.2, 0.25) is 17.7 Å². The van der Waals surface area contributed by atoms with Crippen molar-refractivity contribution in [1.29, 1.82) is 0 Å². The maximum absolute atomic E-state index is 14.3. The maximum atomic E-state index is 14.3. The van der Waals surface area contributed by atoms with E-state index in [-0.39, 0.29) is 19.5 Å². The summed E-state index contributed by atoms with van der Waals surface area (Å²) in [6, 6.07) is 3.28. The standard InChI is InChI=1S/C32H47N5O8/c1-19(2)25(29(41)35-16-10-14-23(35)28(40)36-17-11-15-24(36)30(42)43)37(26(38)20(3)34-31(44)45-32(4,5)6)27(39)22(33)18-21-12-8-7-9-13-21/h7-9,12-13,19-20,22-25H,10-11,14-18,33H2,1-6H3,(H,34,44)(H,42,43)/t20-,22-,23-,24-,25-/m0/s1. The highest BCUT2D eigenvalue weighted by molar-refractivity contribution is 6.05. The number of carbonyl (C=O) groups excluding carboxylic acids is 5. The Balaban J connectivity index is 1.95. The zero-order valence-corrected chi connectivity index (χ0v) is 27.0. The number of likely N-dealkylation sites (tertiary alicyclic amines) is 2. The summed E-state index contributed by atoms with van der Waals surface area (Å²) in [4.78, 5) is 83.8. The number of amides is 5. The second kappa shape index (κ2) is 14.9. The number of carbonyl (C=O) groups is 6. The second-order valence-electron chi connectivity index (χ2n) is 13.1. The summed E-state index contributed by atoms with van der Waals surface area (Å²) >= 11 is 0. The van der Waals surface area contributed by atoms with Crippen molar-refractivity contribution < 1.29 is 38.6 Å². The minimum absolute atomic E-state index is 0.0900. The third kappa shape index (κ3) is 8.80. The third-order valence-corrected chi connectivity index (χ3v) is 8.00. The van der Waals surface area contributed by atoms with Gasteiger partial charge >= 0.3 is 12.1 Å². The smallest absolute Gasteiger partial charge is 0.408 e. The Morgan fingerprint density at radius 3 is 2.09 bits per heavy atom. The van der Waals surface area contributed by atoms with Gasteiger partial charge in [0, 0.05) is 13.1 Å². The number of hydrogen-bond acceptors (Lipinski definition) is 8. The Hall–Kier alpha value is -4.00. The average Bonchev–Trinajstić information content (AvgIpc) is 3.64. The van der Waals surface area contributed by atoms with E-state index in [0.717, 1.165) is 10.5 Å². The van der Waals surface area contributed by atoms with E-state index in [2.05, 4.69) is 5.32 Å². The van der Waals surface area contributed by atoms with Crippen molar-refractivity contribution in [2.75, 3.05) is 13.1 Å². The highest BCUT2D eigenvalue weighted by Crippen LogP contribution is 2.28. The van der Waals surface area contributed by atoms with E-state index in [1.54, 1.807) is 58.9 Å². The molecular formula is C32H47N5O8. The fraction of sp³-hybridized carbons (Fsp3) is 0.625. The van der Waals surface area contributed by atoms with Crippen molar-refractivity contribution in [3.05, 3.63) is 35.9 Å². The maximum Gasteiger partial charge on any atom is 0.408 e. The summed E-state index contributed by atoms with van der Waals surface area (Å²) in [7, 11) is 0. The fourth-order valence-electron chi connectivity index (χ4n) is 5.90. The monoisotopic (exact) mass is 629 g/mol. The molecule has 2 saturated heterocycles. The van der Waals surface area contributed by atoms with Crippen LogP contribution in [0.2, 0.25) is 0 Å². The number of carboxylic acid groups (broad SMARTS) is 1. The number of rotatable bonds is 10. The lowest BCUT2D eigenvalue weighted by Gasteiger charge is -2.39. The van der Waals surface area contributed by atoms with E-state index < -0.39 is 77.4 Å². The molecule has 45 heavy (non-hydrogen) atoms. The van der Waals surface area contributed by atoms with E-state index in [0.29, 0.717) is 25.7 Å². The van der Waals surface area contributed by atoms with Gasteiger partial charge in [-0.05, 0) is 71.3 Å². The van der Waals surface area contributed by atoms with Crippen LogP contribution in [0.25, 0.3) is 0 Å². The van der Waals surface area contributed by atoms with E-state index in [1.165, 1.54) is 16.7 Å². The summed E-state index contributed by atoms with van der Waals surface area (Å²) in [5.41, 5.74) is 6.28. The summed E-state index contributed by atoms with van der Waals surface area (Å²) in [5, 5.41) is 12.1. The predicted molar refractivity (Wildman–Crippen MR) is 165 cm³/mol. The topological polar surface area (TPSA) is 180 Å². The van der Waals surface area contributed by atoms with Crippen LogP contribution in [0.15, 0.2) is 30.3 Å². The summed E-state index contributed by atoms with van der Waals surface area (Å²) in [6.07, 6.45) is 0.896. The number of alkyl carbamates (subject to hydrolysis) is 1. The number of benzene rings is 1. The van der Waals surface area contributed by atoms with Gasteiger partial charge in [0.1, 0.15) is 29.8 Å². The quantitative estimate of drug-likeness (QED) is 0.349. The first-order valence-corrected chi connectivity index (χ1v) is 15.5. The van der Waals surface area contributed by atoms with Crippen LogP contribution in [0, 0.1) is 5.92 Å². The lowest BCUT2D eigenvalue weighted by atomic mass is 9.97. The predicted octanol–water partition coefficient (Wildman–Crippen LogP) is 1.92. The molecule has 4 N–H and O–H groups in total. The molecule has 5 amide bonds. The molecule has 0 spiro atoms. The summed E-state index contributed by atoms with van der Waals surface area (Å²) in [6.45, 7) is 10.2. The van der Waals surface area contributed by atoms with Gasteiger partial charge in [-0.3, -0.25) is 24.1 Å². The zero-order chi connectivity index (χ0) is 33.6. The van der Waals surface area contributed by atoms with E-state index >= 15 is 0 Å². The molecule has 0 saturated carbocycles. The molecule has 0 aliphatic carbocycles. The zero-order valence-electron chi connectivity index (χ0n) is 27.0. The number of ether oxygens (including phenoxy) is 1. The molecule has 2 fully saturated rings. The van der Waals surface area contributed by atoms with E-state index in [1.807, 2.05) is 6.07 Å². The molecule has 1 aromatic carbocycles. The molecule has 1 aromatic rings. The Bertz CT molecular complexity index is 1260. The van der Waals surface area contributed by atoms with Gasteiger partial charge in [0.05, 0.1) is 6.04 Å². The second-order valence-corrected chi connectivity index (χ2v) is 13.1. The largest absolute Gasteiger partial charge is 0.480 e. The summed E-state index contributed by atoms with van der Waals surface area (Å²) < 4.78 is 5.29. The lowest BCUT2D eigenvalue weighted by Crippen LogP contribution is -2.63. The third-order valence-electron chi connectivity index (χ3n) is 8.00. The van der Waals surface area contributed by atoms with Crippen LogP contribution in [0.3, 0.4) is 0 Å². The Morgan fingerprint density at radius 1 is 0.956 bits per heavy atom. The van der Waals surface area contributed by atoms with Gasteiger partial charge in [0.15, 0.2) is 0 Å². The first kappa shape index (κ1) is 35.5. The van der Waals surface area contributed by atoms with Crippen LogP contribution in [0.5, 0.6) is 0 Å². The SMILES string of the molecule is CC(C)[C@@H](C(=O)N1CCC[C@H]1C(=O)N1CCC[C@H]1C(=O)O)N(C(=O)[C@H](C)NC(=O)OC(C)(C)C)C(=O)[C@@H](N)Cc1ccccc1. The molecule has 13 nitrogen and oxygen atoms in total. The molecule has 2 aliphatic rings. The number of carboxylic acids is 1. The molecule has 0 unspecified atom stereocenters. The minimum atomic E-state index is -1.35. The average molecular weight is 630 g/mol. The van der Waals surface area contributed by atoms with Gasteiger partial charge in [-0.15, -0.1) is 0 Å². The van der Waals surface area contributed by atoms with Gasteiger partial charge in [0.25, 0.3) is 5.91 Å². The van der Waals surface area contributed by atoms with Gasteiger partial charge in [-0.1, -0.05) is 44.2 Å². The lowest BCUT2D eigenvalue weighted by molar-refractivity contribution is -0.160. The highest BCUT2D eigenvalue weighted by Gasteiger charge is 2.47. The normalized spacial score (nSPS) is 20.4. The van der Waals surface area contributed by atoms with Crippen molar-refractivity contribution in [1.82, 2.24) is 20.0 Å². The van der Waals surface area contributed by atoms with Crippen molar-refractivity contribution in [3.8, 4) is 0 Å². The minimum Gasteiger partial charge on any atom is -0.480 e. The Labute approximate surface area is 264 Å². The van der Waals surface area contributed by atoms with Crippen LogP contribution in [0.4, 0.5) is 4.79 Å². The van der Waals surface area contributed by atoms with Crippen molar-refractivity contribution in [2.24, 2.45) is 11.7 Å². The Morgan fingerprint density at radius 2 is 1.53 bits per heavy atom. The molecule has 5 atom stereocenters. The van der Waals surface area contributed by atoms with Crippen LogP contribution >= 0.6 is 0 Å². The number of nitrogens with two attached hydrogens (primary N) is 1. The van der Waals surface area contributed by atoms with Gasteiger partial charge < -0.3 is 30.7 Å². The van der Waals surface area contributed by atoms with E-state index in [4.69, 9.17) is 10.5 Å². The van der Waals surface area contributed by atoms with Crippen molar-refractivity contribution in [3.63, 3.8) is 0 Å². The van der Waals surface area contributed by atoms with Gasteiger partial charge in [-0.25, -0.2) is 9.59 Å². The number of aliphatic carboxylic acids is 1. The number of nitrogens with one attached hydrogen (secondary N) is 1. The summed E-state index contributed by atoms with van der Waals surface area (Å²) in [5.74, 6) is -4.44. The van der Waals surface area contributed by atoms with Crippen LogP contribution in [0.1, 0.15) is 72.8 Å². The molecule has 0 radical (unpaired) electrons. The molecule has 3 rings (SSSR count). The number of nitrogens with zero attached hydrogens (tertiary/aromatic N) is 3. The Kier molecular flexibility index (Phi) is 11.7. The number of imide groups is 1. The fourth-order valence-corrected chi connectivity index (χ4v) is 5.90. The first-order chi connectivity index (χ1) is 21.0. The molecule has 2 heterocycles. The van der Waals surface area contributed by atoms with E-state index in [9.17, 15) is 33.9 Å². The van der Waals surface area contributed by atoms with Crippen molar-refractivity contribution >= 4 is 35.7 Å². The molecule has 13 heteroatoms. The van der Waals surface area contributed by atoms with Gasteiger partial charge in [-0.2, -0.15) is 0 Å². The molecule has 0 bridgehead atoms. The highest BCUT2D eigenvalue weighted by atomic mass is 16.6. The number of hydrogen-bond donors (Lipinski definition) is 3. The first-order valence-electron chi connectivity index (χ1n) is 15.5. The van der Waals surface area contributed by atoms with Crippen LogP contribution in [-0.4, -0.2) is 104 Å². The molecular weight excluding hydrogens is 582 g/mol. The van der Waals surface area contributed by atoms with Crippen LogP contribution < -0.4 is 11.1 Å². The van der Waals surface area contributed by atoms with Crippen LogP contribution in [-0.2, 0) is 35.1 Å². The molecule has 2 aliphatic heterocycles. The molecule has 0 aromatic heterocycles.